The first-order valence-corrected chi connectivity index (χ1v) is 8.40. The van der Waals surface area contributed by atoms with Gasteiger partial charge in [0.15, 0.2) is 0 Å². The molecule has 7 heteroatoms. The molecule has 116 valence electrons. The van der Waals surface area contributed by atoms with Gasteiger partial charge < -0.3 is 10.2 Å². The summed E-state index contributed by atoms with van der Waals surface area (Å²) in [7, 11) is 0. The molecule has 1 saturated heterocycles. The lowest BCUT2D eigenvalue weighted by atomic mass is 10.0. The zero-order valence-corrected chi connectivity index (χ0v) is 14.6. The lowest BCUT2D eigenvalue weighted by molar-refractivity contribution is 0.522. The SMILES string of the molecule is Cc1cc(NC2CCN(c3ncc(Br)cc3Cl)CC2)ncn1. The second kappa shape index (κ2) is 6.79. The van der Waals surface area contributed by atoms with Crippen molar-refractivity contribution in [2.24, 2.45) is 0 Å². The highest BCUT2D eigenvalue weighted by molar-refractivity contribution is 9.10. The van der Waals surface area contributed by atoms with Crippen molar-refractivity contribution < 1.29 is 0 Å². The third-order valence-corrected chi connectivity index (χ3v) is 4.45. The lowest BCUT2D eigenvalue weighted by Gasteiger charge is -2.33. The van der Waals surface area contributed by atoms with E-state index in [4.69, 9.17) is 11.6 Å². The minimum Gasteiger partial charge on any atom is -0.367 e. The Hall–Kier alpha value is -1.40. The van der Waals surface area contributed by atoms with Crippen LogP contribution in [-0.2, 0) is 0 Å². The number of hydrogen-bond acceptors (Lipinski definition) is 5. The number of rotatable bonds is 3. The molecule has 1 aliphatic heterocycles. The van der Waals surface area contributed by atoms with Crippen LogP contribution in [0.5, 0.6) is 0 Å². The van der Waals surface area contributed by atoms with Crippen LogP contribution in [0.25, 0.3) is 0 Å². The molecule has 1 fully saturated rings. The molecule has 0 aromatic carbocycles. The fraction of sp³-hybridized carbons (Fsp3) is 0.400. The van der Waals surface area contributed by atoms with E-state index >= 15 is 0 Å². The highest BCUT2D eigenvalue weighted by Gasteiger charge is 2.22. The summed E-state index contributed by atoms with van der Waals surface area (Å²) in [6.45, 7) is 3.82. The number of pyridine rings is 1. The summed E-state index contributed by atoms with van der Waals surface area (Å²) in [6.07, 6.45) is 5.43. The predicted octanol–water partition coefficient (Wildman–Crippen LogP) is 3.68. The zero-order valence-electron chi connectivity index (χ0n) is 12.3. The number of piperidine rings is 1. The van der Waals surface area contributed by atoms with Gasteiger partial charge in [0.2, 0.25) is 0 Å². The van der Waals surface area contributed by atoms with Crippen molar-refractivity contribution in [3.63, 3.8) is 0 Å². The summed E-state index contributed by atoms with van der Waals surface area (Å²) in [5, 5.41) is 4.17. The third-order valence-electron chi connectivity index (χ3n) is 3.74. The number of nitrogens with one attached hydrogen (secondary N) is 1. The Morgan fingerprint density at radius 2 is 2.00 bits per heavy atom. The van der Waals surface area contributed by atoms with Gasteiger partial charge in [-0.3, -0.25) is 0 Å². The van der Waals surface area contributed by atoms with Crippen LogP contribution in [0.1, 0.15) is 18.5 Å². The Kier molecular flexibility index (Phi) is 4.78. The average Bonchev–Trinajstić information content (AvgIpc) is 2.48. The monoisotopic (exact) mass is 381 g/mol. The number of aryl methyl sites for hydroxylation is 1. The molecule has 0 atom stereocenters. The minimum absolute atomic E-state index is 0.416. The maximum atomic E-state index is 6.28. The normalized spacial score (nSPS) is 15.9. The molecular weight excluding hydrogens is 366 g/mol. The summed E-state index contributed by atoms with van der Waals surface area (Å²) in [5.74, 6) is 1.76. The third kappa shape index (κ3) is 3.67. The molecule has 3 rings (SSSR count). The van der Waals surface area contributed by atoms with Crippen LogP contribution >= 0.6 is 27.5 Å². The highest BCUT2D eigenvalue weighted by atomic mass is 79.9. The van der Waals surface area contributed by atoms with Gasteiger partial charge in [-0.2, -0.15) is 0 Å². The molecule has 1 aliphatic rings. The second-order valence-electron chi connectivity index (χ2n) is 5.41. The highest BCUT2D eigenvalue weighted by Crippen LogP contribution is 2.28. The summed E-state index contributed by atoms with van der Waals surface area (Å²) >= 11 is 9.66. The predicted molar refractivity (Wildman–Crippen MR) is 92.6 cm³/mol. The molecule has 2 aromatic rings. The molecule has 0 radical (unpaired) electrons. The summed E-state index contributed by atoms with van der Waals surface area (Å²) in [4.78, 5) is 15.0. The minimum atomic E-state index is 0.416. The number of hydrogen-bond donors (Lipinski definition) is 1. The van der Waals surface area contributed by atoms with Crippen molar-refractivity contribution in [2.75, 3.05) is 23.3 Å². The first kappa shape index (κ1) is 15.5. The molecule has 0 saturated carbocycles. The molecule has 0 spiro atoms. The Morgan fingerprint density at radius 3 is 2.68 bits per heavy atom. The standard InChI is InChI=1S/C15H17BrClN5/c1-10-6-14(20-9-19-10)21-12-2-4-22(5-3-12)15-13(17)7-11(16)8-18-15/h6-9,12H,2-5H2,1H3,(H,19,20,21). The van der Waals surface area contributed by atoms with Gasteiger partial charge in [0, 0.05) is 41.6 Å². The van der Waals surface area contributed by atoms with Gasteiger partial charge in [-0.05, 0) is 41.8 Å². The number of aromatic nitrogens is 3. The van der Waals surface area contributed by atoms with E-state index in [1.165, 1.54) is 0 Å². The molecule has 0 amide bonds. The Labute approximate surface area is 143 Å². The van der Waals surface area contributed by atoms with Crippen molar-refractivity contribution in [2.45, 2.75) is 25.8 Å². The maximum Gasteiger partial charge on any atom is 0.147 e. The van der Waals surface area contributed by atoms with Crippen LogP contribution < -0.4 is 10.2 Å². The Bertz CT molecular complexity index is 658. The molecule has 1 N–H and O–H groups in total. The van der Waals surface area contributed by atoms with Gasteiger partial charge in [-0.15, -0.1) is 0 Å². The molecule has 0 aliphatic carbocycles. The van der Waals surface area contributed by atoms with Gasteiger partial charge in [0.05, 0.1) is 5.02 Å². The average molecular weight is 383 g/mol. The zero-order chi connectivity index (χ0) is 15.5. The van der Waals surface area contributed by atoms with Crippen LogP contribution in [0.2, 0.25) is 5.02 Å². The van der Waals surface area contributed by atoms with Crippen LogP contribution in [-0.4, -0.2) is 34.1 Å². The quantitative estimate of drug-likeness (QED) is 0.877. The fourth-order valence-electron chi connectivity index (χ4n) is 2.62. The number of nitrogens with zero attached hydrogens (tertiary/aromatic N) is 4. The number of anilines is 2. The van der Waals surface area contributed by atoms with Crippen molar-refractivity contribution >= 4 is 39.2 Å². The molecule has 0 unspecified atom stereocenters. The van der Waals surface area contributed by atoms with E-state index in [9.17, 15) is 0 Å². The topological polar surface area (TPSA) is 53.9 Å². The molecule has 22 heavy (non-hydrogen) atoms. The van der Waals surface area contributed by atoms with Gasteiger partial charge in [-0.1, -0.05) is 11.6 Å². The van der Waals surface area contributed by atoms with E-state index < -0.39 is 0 Å². The first-order valence-electron chi connectivity index (χ1n) is 7.23. The van der Waals surface area contributed by atoms with Gasteiger partial charge in [0.25, 0.3) is 0 Å². The largest absolute Gasteiger partial charge is 0.367 e. The van der Waals surface area contributed by atoms with Gasteiger partial charge in [0.1, 0.15) is 18.0 Å². The summed E-state index contributed by atoms with van der Waals surface area (Å²) in [5.41, 5.74) is 0.973. The molecule has 3 heterocycles. The van der Waals surface area contributed by atoms with Crippen molar-refractivity contribution in [3.05, 3.63) is 39.8 Å². The molecular formula is C15H17BrClN5. The van der Waals surface area contributed by atoms with Crippen molar-refractivity contribution in [3.8, 4) is 0 Å². The van der Waals surface area contributed by atoms with E-state index in [1.807, 2.05) is 19.1 Å². The molecule has 5 nitrogen and oxygen atoms in total. The van der Waals surface area contributed by atoms with E-state index in [2.05, 4.69) is 41.1 Å². The van der Waals surface area contributed by atoms with Gasteiger partial charge >= 0.3 is 0 Å². The summed E-state index contributed by atoms with van der Waals surface area (Å²) < 4.78 is 0.900. The van der Waals surface area contributed by atoms with Gasteiger partial charge in [-0.25, -0.2) is 15.0 Å². The second-order valence-corrected chi connectivity index (χ2v) is 6.73. The number of halogens is 2. The van der Waals surface area contributed by atoms with E-state index in [-0.39, 0.29) is 0 Å². The maximum absolute atomic E-state index is 6.28. The van der Waals surface area contributed by atoms with Crippen molar-refractivity contribution in [1.82, 2.24) is 15.0 Å². The lowest BCUT2D eigenvalue weighted by Crippen LogP contribution is -2.39. The van der Waals surface area contributed by atoms with Crippen LogP contribution in [0.15, 0.2) is 29.1 Å². The molecule has 0 bridgehead atoms. The van der Waals surface area contributed by atoms with Crippen LogP contribution in [0.4, 0.5) is 11.6 Å². The first-order chi connectivity index (χ1) is 10.6. The summed E-state index contributed by atoms with van der Waals surface area (Å²) in [6, 6.07) is 4.28. The van der Waals surface area contributed by atoms with Crippen molar-refractivity contribution in [1.29, 1.82) is 0 Å². The smallest absolute Gasteiger partial charge is 0.147 e. The van der Waals surface area contributed by atoms with E-state index in [0.717, 1.165) is 47.7 Å². The van der Waals surface area contributed by atoms with E-state index in [0.29, 0.717) is 11.1 Å². The van der Waals surface area contributed by atoms with Crippen LogP contribution in [0, 0.1) is 6.92 Å². The Morgan fingerprint density at radius 1 is 1.23 bits per heavy atom. The van der Waals surface area contributed by atoms with E-state index in [1.54, 1.807) is 12.5 Å². The fourth-order valence-corrected chi connectivity index (χ4v) is 3.37. The van der Waals surface area contributed by atoms with Crippen LogP contribution in [0.3, 0.4) is 0 Å². The Balaban J connectivity index is 1.60. The molecule has 2 aromatic heterocycles.